The van der Waals surface area contributed by atoms with Crippen LogP contribution < -0.4 is 0 Å². The van der Waals surface area contributed by atoms with E-state index in [1.165, 1.54) is 13.8 Å². The highest BCUT2D eigenvalue weighted by Crippen LogP contribution is 2.76. The topological polar surface area (TPSA) is 445 Å². The minimum atomic E-state index is -2.07. The largest absolute Gasteiger partial charge is 0.465 e. The smallest absolute Gasteiger partial charge is 0.315 e. The van der Waals surface area contributed by atoms with Crippen LogP contribution in [0.1, 0.15) is 126 Å². The number of allylic oxidation sites excluding steroid dienone is 2. The number of rotatable bonds is 7. The molecule has 0 aromatic heterocycles. The molecule has 92 heavy (non-hydrogen) atoms. The number of hydrogen-bond acceptors (Lipinski definition) is 29. The molecule has 33 atom stereocenters. The van der Waals surface area contributed by atoms with Crippen molar-refractivity contribution in [1.29, 1.82) is 0 Å². The van der Waals surface area contributed by atoms with Crippen LogP contribution in [0.3, 0.4) is 0 Å². The third kappa shape index (κ3) is 12.2. The molecule has 6 saturated heterocycles. The maximum atomic E-state index is 15.6. The highest BCUT2D eigenvalue weighted by Gasteiger charge is 2.72. The number of carbonyl (C=O) groups is 3. The average Bonchev–Trinajstić information content (AvgIpc) is 0.674. The molecule has 29 nitrogen and oxygen atoms in total. The fraction of sp³-hybridized carbons (Fsp3) is 0.921. The van der Waals surface area contributed by atoms with E-state index < -0.39 is 243 Å². The Balaban J connectivity index is 0.881. The molecule has 10 fully saturated rings. The van der Waals surface area contributed by atoms with Crippen molar-refractivity contribution in [3.63, 3.8) is 0 Å². The summed E-state index contributed by atoms with van der Waals surface area (Å²) >= 11 is 0. The van der Waals surface area contributed by atoms with E-state index in [1.807, 2.05) is 6.92 Å². The van der Waals surface area contributed by atoms with Gasteiger partial charge < -0.3 is 128 Å². The van der Waals surface area contributed by atoms with Gasteiger partial charge in [-0.2, -0.15) is 0 Å². The van der Waals surface area contributed by atoms with E-state index in [0.29, 0.717) is 51.4 Å². The molecule has 14 N–H and O–H groups in total. The van der Waals surface area contributed by atoms with Gasteiger partial charge >= 0.3 is 17.9 Å². The lowest BCUT2D eigenvalue weighted by Crippen LogP contribution is -2.70. The van der Waals surface area contributed by atoms with Gasteiger partial charge in [0.1, 0.15) is 85.5 Å². The first-order chi connectivity index (χ1) is 43.0. The van der Waals surface area contributed by atoms with Crippen LogP contribution in [0.5, 0.6) is 0 Å². The first-order valence-corrected chi connectivity index (χ1v) is 32.6. The molecule has 0 radical (unpaired) electrons. The minimum Gasteiger partial charge on any atom is -0.465 e. The molecular formula is C63H98O29. The monoisotopic (exact) mass is 1320 g/mol. The summed E-state index contributed by atoms with van der Waals surface area (Å²) in [6.07, 6.45) is -34.3. The molecule has 4 saturated carbocycles. The van der Waals surface area contributed by atoms with Gasteiger partial charge in [0.2, 0.25) is 6.29 Å². The molecule has 6 aliphatic heterocycles. The molecule has 11 aliphatic rings. The zero-order chi connectivity index (χ0) is 66.9. The van der Waals surface area contributed by atoms with Crippen molar-refractivity contribution in [3.8, 4) is 0 Å². The molecule has 29 heteroatoms. The lowest BCUT2D eigenvalue weighted by atomic mass is 9.33. The Labute approximate surface area is 533 Å². The van der Waals surface area contributed by atoms with Gasteiger partial charge in [0.15, 0.2) is 37.4 Å². The summed E-state index contributed by atoms with van der Waals surface area (Å²) < 4.78 is 72.2. The van der Waals surface area contributed by atoms with Crippen molar-refractivity contribution < 1.29 is 143 Å². The van der Waals surface area contributed by atoms with E-state index >= 15 is 4.79 Å². The predicted molar refractivity (Wildman–Crippen MR) is 306 cm³/mol. The van der Waals surface area contributed by atoms with Gasteiger partial charge in [0.25, 0.3) is 0 Å². The summed E-state index contributed by atoms with van der Waals surface area (Å²) in [5, 5.41) is 156. The van der Waals surface area contributed by atoms with E-state index in [1.54, 1.807) is 0 Å². The van der Waals surface area contributed by atoms with Gasteiger partial charge in [0.05, 0.1) is 75.2 Å². The van der Waals surface area contributed by atoms with Crippen LogP contribution in [0, 0.1) is 50.2 Å². The fourth-order valence-corrected chi connectivity index (χ4v) is 18.5. The molecule has 0 aromatic rings. The zero-order valence-corrected chi connectivity index (χ0v) is 53.4. The predicted octanol–water partition coefficient (Wildman–Crippen LogP) is -2.68. The van der Waals surface area contributed by atoms with Crippen LogP contribution in [-0.4, -0.2) is 275 Å². The SMILES string of the molecule is C[C@@H]1O[C@@H](O[C@H]2[C@H](OC(=O)[C@]34CCC(C)(C)C[C@H]3C3=CC[C@@H]5[C@@]6(C)C[C@H](O)[C@@H]7O[C@@H]8O[C@H](CO)[C@@H](O)[C@H](O)[C@H]8O[C@@H]8OC[C@H](O)C(O)[C@H]8OC(=O)CC(C)(O)CC(=O)OC[C@@]7(C)[C@@H]6CC[C@@]5(C)[C@]3(C)CC4)OC[C@H](O)[C@@H]2O)[C@H](O)[C@H](O[C@@H]2OC[C@@H](O)[C@H](O)[C@H]2O)[C@H]1O. The third-order valence-corrected chi connectivity index (χ3v) is 23.9. The Morgan fingerprint density at radius 3 is 1.93 bits per heavy atom. The van der Waals surface area contributed by atoms with E-state index in [-0.39, 0.29) is 30.3 Å². The summed E-state index contributed by atoms with van der Waals surface area (Å²) in [5.74, 6) is -3.64. The van der Waals surface area contributed by atoms with Gasteiger partial charge in [-0.05, 0) is 111 Å². The van der Waals surface area contributed by atoms with Gasteiger partial charge in [0, 0.05) is 5.41 Å². The van der Waals surface area contributed by atoms with Gasteiger partial charge in [-0.3, -0.25) is 14.4 Å². The molecule has 6 heterocycles. The van der Waals surface area contributed by atoms with Gasteiger partial charge in [-0.1, -0.05) is 53.2 Å². The Morgan fingerprint density at radius 2 is 1.23 bits per heavy atom. The number of cyclic esters (lactones) is 1. The molecular weight excluding hydrogens is 1220 g/mol. The molecule has 0 aromatic carbocycles. The van der Waals surface area contributed by atoms with Crippen molar-refractivity contribution in [1.82, 2.24) is 0 Å². The van der Waals surface area contributed by atoms with Crippen LogP contribution >= 0.6 is 0 Å². The van der Waals surface area contributed by atoms with Crippen LogP contribution in [-0.2, 0) is 71.2 Å². The maximum absolute atomic E-state index is 15.6. The lowest BCUT2D eigenvalue weighted by Gasteiger charge is -2.72. The van der Waals surface area contributed by atoms with Crippen LogP contribution in [0.15, 0.2) is 11.6 Å². The Bertz CT molecular complexity index is 2700. The van der Waals surface area contributed by atoms with Gasteiger partial charge in [-0.25, -0.2) is 0 Å². The second kappa shape index (κ2) is 25.8. The molecule has 0 spiro atoms. The van der Waals surface area contributed by atoms with Crippen molar-refractivity contribution in [2.75, 3.05) is 33.0 Å². The van der Waals surface area contributed by atoms with E-state index in [0.717, 1.165) is 5.57 Å². The standard InChI is InChI=1S/C63H98O29/c1-26-38(71)46(88-51-44(77)39(72)30(66)22-81-51)45(78)52(85-26)89-48-41(74)32(68)24-83-54(48)92-56(79)63-15-13-57(2,3)17-28(63)27-9-10-35-59(5)18-29(65)50-60(6,34(59)11-12-62(35,8)61(27,7)14-16-63)25-84-36(69)19-58(4,80)20-37(70)87-47-40(73)31(67)23-82-53(47)90-49-43(76)42(75)33(21-64)86-55(49)91-50/h9,26,28-35,38-55,64-68,71-78,80H,10-25H2,1-8H3/t26-,28-,29-,30+,31-,32-,33+,34+,35+,38-,39-,40?,41-,42+,43-,44+,45+,46+,47+,48+,49+,50-,51-,52-,53-,54-,55-,58?,59-,60-,61+,62+,63-/m0/s1. The van der Waals surface area contributed by atoms with Crippen molar-refractivity contribution in [3.05, 3.63) is 11.6 Å². The summed E-state index contributed by atoms with van der Waals surface area (Å²) in [4.78, 5) is 43.1. The van der Waals surface area contributed by atoms with Crippen LogP contribution in [0.4, 0.5) is 0 Å². The number of hydrogen-bond donors (Lipinski definition) is 14. The van der Waals surface area contributed by atoms with E-state index in [2.05, 4.69) is 40.7 Å². The molecule has 11 rings (SSSR count). The van der Waals surface area contributed by atoms with Crippen LogP contribution in [0.25, 0.3) is 0 Å². The second-order valence-corrected chi connectivity index (χ2v) is 30.5. The Hall–Kier alpha value is -2.77. The number of aliphatic hydroxyl groups is 14. The lowest BCUT2D eigenvalue weighted by molar-refractivity contribution is -0.378. The molecule has 5 aliphatic carbocycles. The van der Waals surface area contributed by atoms with E-state index in [4.69, 9.17) is 56.8 Å². The number of carbonyl (C=O) groups excluding carboxylic acids is 3. The minimum absolute atomic E-state index is 0.127. The molecule has 0 bridgehead atoms. The maximum Gasteiger partial charge on any atom is 0.315 e. The highest BCUT2D eigenvalue weighted by atomic mass is 16.8. The number of fused-ring (bicyclic) bond motifs is 11. The summed E-state index contributed by atoms with van der Waals surface area (Å²) in [5.41, 5.74) is -5.58. The van der Waals surface area contributed by atoms with Gasteiger partial charge in [-0.15, -0.1) is 0 Å². The molecule has 524 valence electrons. The average molecular weight is 1320 g/mol. The highest BCUT2D eigenvalue weighted by molar-refractivity contribution is 5.79. The quantitative estimate of drug-likeness (QED) is 0.0535. The third-order valence-electron chi connectivity index (χ3n) is 23.9. The normalized spacial score (nSPS) is 54.2. The molecule has 2 unspecified atom stereocenters. The van der Waals surface area contributed by atoms with Crippen molar-refractivity contribution in [2.45, 2.75) is 279 Å². The van der Waals surface area contributed by atoms with Crippen molar-refractivity contribution in [2.24, 2.45) is 50.2 Å². The van der Waals surface area contributed by atoms with Crippen LogP contribution in [0.2, 0.25) is 0 Å². The zero-order valence-electron chi connectivity index (χ0n) is 53.4. The Kier molecular flexibility index (Phi) is 19.8. The summed E-state index contributed by atoms with van der Waals surface area (Å²) in [6.45, 7) is 12.8. The fourth-order valence-electron chi connectivity index (χ4n) is 18.5. The summed E-state index contributed by atoms with van der Waals surface area (Å²) in [7, 11) is 0. The second-order valence-electron chi connectivity index (χ2n) is 30.5. The van der Waals surface area contributed by atoms with Crippen molar-refractivity contribution >= 4 is 17.9 Å². The summed E-state index contributed by atoms with van der Waals surface area (Å²) in [6, 6.07) is 0. The number of aliphatic hydroxyl groups excluding tert-OH is 13. The number of esters is 3. The number of ether oxygens (including phenoxy) is 12. The Morgan fingerprint density at radius 1 is 0.587 bits per heavy atom. The van der Waals surface area contributed by atoms with E-state index in [9.17, 15) is 81.1 Å². The first-order valence-electron chi connectivity index (χ1n) is 32.6. The first kappa shape index (κ1) is 70.5. The molecule has 0 amide bonds.